The normalized spacial score (nSPS) is 17.4. The van der Waals surface area contributed by atoms with Crippen molar-refractivity contribution in [1.29, 1.82) is 0 Å². The van der Waals surface area contributed by atoms with Gasteiger partial charge in [-0.25, -0.2) is 4.98 Å². The summed E-state index contributed by atoms with van der Waals surface area (Å²) >= 11 is 1.43. The van der Waals surface area contributed by atoms with Gasteiger partial charge in [-0.15, -0.1) is 0 Å². The van der Waals surface area contributed by atoms with Crippen LogP contribution in [0.5, 0.6) is 0 Å². The number of hydrogen-bond acceptors (Lipinski definition) is 4. The van der Waals surface area contributed by atoms with Crippen molar-refractivity contribution in [3.05, 3.63) is 6.33 Å². The maximum atomic E-state index is 4.08. The molecule has 1 heterocycles. The van der Waals surface area contributed by atoms with Gasteiger partial charge >= 0.3 is 0 Å². The standard InChI is InChI=1S/C10H17N3S/c1-2-5-9(4-1)6-3-7-11-10-12-8-13-14-10/h8-9H,1-7H2,(H,11,12,13). The number of anilines is 1. The fraction of sp³-hybridized carbons (Fsp3) is 0.800. The molecule has 1 aromatic rings. The molecule has 0 spiro atoms. The lowest BCUT2D eigenvalue weighted by molar-refractivity contribution is 0.491. The van der Waals surface area contributed by atoms with Crippen LogP contribution in [-0.2, 0) is 0 Å². The van der Waals surface area contributed by atoms with Crippen molar-refractivity contribution in [2.75, 3.05) is 11.9 Å². The smallest absolute Gasteiger partial charge is 0.202 e. The fourth-order valence-electron chi connectivity index (χ4n) is 2.14. The van der Waals surface area contributed by atoms with Gasteiger partial charge < -0.3 is 5.32 Å². The van der Waals surface area contributed by atoms with Crippen LogP contribution in [0.3, 0.4) is 0 Å². The monoisotopic (exact) mass is 211 g/mol. The summed E-state index contributed by atoms with van der Waals surface area (Å²) in [6.45, 7) is 1.05. The maximum absolute atomic E-state index is 4.08. The van der Waals surface area contributed by atoms with Crippen molar-refractivity contribution in [3.63, 3.8) is 0 Å². The average molecular weight is 211 g/mol. The van der Waals surface area contributed by atoms with E-state index in [4.69, 9.17) is 0 Å². The van der Waals surface area contributed by atoms with Crippen molar-refractivity contribution < 1.29 is 0 Å². The van der Waals surface area contributed by atoms with Crippen LogP contribution >= 0.6 is 11.5 Å². The summed E-state index contributed by atoms with van der Waals surface area (Å²) < 4.78 is 3.95. The minimum absolute atomic E-state index is 0.955. The number of aromatic nitrogens is 2. The van der Waals surface area contributed by atoms with Crippen LogP contribution in [-0.4, -0.2) is 15.9 Å². The third kappa shape index (κ3) is 2.94. The summed E-state index contributed by atoms with van der Waals surface area (Å²) in [6, 6.07) is 0. The Labute approximate surface area is 89.1 Å². The SMILES string of the molecule is c1nsc(NCCCC2CCCC2)n1. The van der Waals surface area contributed by atoms with E-state index in [9.17, 15) is 0 Å². The van der Waals surface area contributed by atoms with Crippen LogP contribution < -0.4 is 5.32 Å². The summed E-state index contributed by atoms with van der Waals surface area (Å²) in [7, 11) is 0. The Bertz CT molecular complexity index is 242. The average Bonchev–Trinajstić information content (AvgIpc) is 2.86. The van der Waals surface area contributed by atoms with Crippen LogP contribution in [0.1, 0.15) is 38.5 Å². The molecular formula is C10H17N3S. The van der Waals surface area contributed by atoms with Crippen LogP contribution in [0.25, 0.3) is 0 Å². The van der Waals surface area contributed by atoms with Gasteiger partial charge in [0.1, 0.15) is 6.33 Å². The second-order valence-corrected chi connectivity index (χ2v) is 4.75. The van der Waals surface area contributed by atoms with Gasteiger partial charge in [0.2, 0.25) is 5.13 Å². The van der Waals surface area contributed by atoms with E-state index in [0.29, 0.717) is 0 Å². The van der Waals surface area contributed by atoms with Gasteiger partial charge in [-0.05, 0) is 18.8 Å². The molecule has 1 fully saturated rings. The molecule has 0 saturated heterocycles. The first kappa shape index (κ1) is 9.90. The first-order chi connectivity index (χ1) is 6.95. The van der Waals surface area contributed by atoms with Crippen molar-refractivity contribution >= 4 is 16.7 Å². The topological polar surface area (TPSA) is 37.8 Å². The molecule has 0 amide bonds. The largest absolute Gasteiger partial charge is 0.360 e. The molecule has 1 aromatic heterocycles. The van der Waals surface area contributed by atoms with E-state index in [1.54, 1.807) is 6.33 Å². The van der Waals surface area contributed by atoms with Gasteiger partial charge in [-0.3, -0.25) is 0 Å². The quantitative estimate of drug-likeness (QED) is 0.761. The molecule has 0 bridgehead atoms. The van der Waals surface area contributed by atoms with E-state index < -0.39 is 0 Å². The molecule has 0 unspecified atom stereocenters. The summed E-state index contributed by atoms with van der Waals surface area (Å²) in [4.78, 5) is 4.08. The molecule has 0 radical (unpaired) electrons. The van der Waals surface area contributed by atoms with Crippen LogP contribution in [0.4, 0.5) is 5.13 Å². The van der Waals surface area contributed by atoms with Crippen LogP contribution in [0, 0.1) is 5.92 Å². The highest BCUT2D eigenvalue weighted by atomic mass is 32.1. The first-order valence-electron chi connectivity index (χ1n) is 5.46. The Morgan fingerprint density at radius 1 is 1.43 bits per heavy atom. The molecule has 4 heteroatoms. The molecule has 0 aromatic carbocycles. The van der Waals surface area contributed by atoms with E-state index in [1.807, 2.05) is 0 Å². The van der Waals surface area contributed by atoms with Gasteiger partial charge in [0, 0.05) is 18.1 Å². The second-order valence-electron chi connectivity index (χ2n) is 3.97. The van der Waals surface area contributed by atoms with E-state index in [2.05, 4.69) is 14.7 Å². The zero-order chi connectivity index (χ0) is 9.64. The zero-order valence-corrected chi connectivity index (χ0v) is 9.22. The number of nitrogens with one attached hydrogen (secondary N) is 1. The molecule has 14 heavy (non-hydrogen) atoms. The lowest BCUT2D eigenvalue weighted by Crippen LogP contribution is -2.03. The third-order valence-electron chi connectivity index (χ3n) is 2.90. The zero-order valence-electron chi connectivity index (χ0n) is 8.41. The summed E-state index contributed by atoms with van der Waals surface area (Å²) in [5.74, 6) is 1.01. The van der Waals surface area contributed by atoms with Crippen molar-refractivity contribution in [1.82, 2.24) is 9.36 Å². The van der Waals surface area contributed by atoms with Crippen molar-refractivity contribution in [2.45, 2.75) is 38.5 Å². The lowest BCUT2D eigenvalue weighted by atomic mass is 10.0. The Kier molecular flexibility index (Phi) is 3.74. The first-order valence-corrected chi connectivity index (χ1v) is 6.23. The maximum Gasteiger partial charge on any atom is 0.202 e. The molecular weight excluding hydrogens is 194 g/mol. The Balaban J connectivity index is 1.55. The Hall–Kier alpha value is -0.640. The molecule has 1 N–H and O–H groups in total. The van der Waals surface area contributed by atoms with Crippen molar-refractivity contribution in [2.24, 2.45) is 5.92 Å². The van der Waals surface area contributed by atoms with E-state index in [0.717, 1.165) is 17.6 Å². The van der Waals surface area contributed by atoms with Gasteiger partial charge in [0.15, 0.2) is 0 Å². The highest BCUT2D eigenvalue weighted by Crippen LogP contribution is 2.28. The second kappa shape index (κ2) is 5.29. The number of rotatable bonds is 5. The van der Waals surface area contributed by atoms with Crippen LogP contribution in [0.2, 0.25) is 0 Å². The van der Waals surface area contributed by atoms with Gasteiger partial charge in [-0.2, -0.15) is 4.37 Å². The van der Waals surface area contributed by atoms with Crippen molar-refractivity contribution in [3.8, 4) is 0 Å². The number of nitrogens with zero attached hydrogens (tertiary/aromatic N) is 2. The number of hydrogen-bond donors (Lipinski definition) is 1. The molecule has 78 valence electrons. The minimum atomic E-state index is 0.955. The van der Waals surface area contributed by atoms with E-state index >= 15 is 0 Å². The molecule has 2 rings (SSSR count). The summed E-state index contributed by atoms with van der Waals surface area (Å²) in [6.07, 6.45) is 10.1. The predicted octanol–water partition coefficient (Wildman–Crippen LogP) is 2.92. The summed E-state index contributed by atoms with van der Waals surface area (Å²) in [5.41, 5.74) is 0. The highest BCUT2D eigenvalue weighted by molar-refractivity contribution is 7.09. The molecule has 3 nitrogen and oxygen atoms in total. The molecule has 0 aliphatic heterocycles. The summed E-state index contributed by atoms with van der Waals surface area (Å²) in [5, 5.41) is 4.25. The van der Waals surface area contributed by atoms with E-state index in [-0.39, 0.29) is 0 Å². The predicted molar refractivity (Wildman–Crippen MR) is 59.6 cm³/mol. The van der Waals surface area contributed by atoms with Gasteiger partial charge in [0.05, 0.1) is 0 Å². The fourth-order valence-corrected chi connectivity index (χ4v) is 2.59. The molecule has 1 aliphatic rings. The Morgan fingerprint density at radius 3 is 3.00 bits per heavy atom. The molecule has 1 aliphatic carbocycles. The van der Waals surface area contributed by atoms with Gasteiger partial charge in [-0.1, -0.05) is 25.7 Å². The Morgan fingerprint density at radius 2 is 2.29 bits per heavy atom. The van der Waals surface area contributed by atoms with Crippen LogP contribution in [0.15, 0.2) is 6.33 Å². The molecule has 0 atom stereocenters. The molecule has 1 saturated carbocycles. The highest BCUT2D eigenvalue weighted by Gasteiger charge is 2.13. The third-order valence-corrected chi connectivity index (χ3v) is 3.52. The minimum Gasteiger partial charge on any atom is -0.360 e. The van der Waals surface area contributed by atoms with Gasteiger partial charge in [0.25, 0.3) is 0 Å². The van der Waals surface area contributed by atoms with E-state index in [1.165, 1.54) is 50.1 Å². The lowest BCUT2D eigenvalue weighted by Gasteiger charge is -2.08.